The first kappa shape index (κ1) is 21.5. The fourth-order valence-corrected chi connectivity index (χ4v) is 2.94. The Balaban J connectivity index is 1.52. The van der Waals surface area contributed by atoms with E-state index in [9.17, 15) is 9.59 Å². The van der Waals surface area contributed by atoms with Gasteiger partial charge in [-0.05, 0) is 35.9 Å². The van der Waals surface area contributed by atoms with Gasteiger partial charge >= 0.3 is 0 Å². The molecule has 0 radical (unpaired) electrons. The Hall–Kier alpha value is -3.22. The number of hydrogen-bond donors (Lipinski definition) is 2. The van der Waals surface area contributed by atoms with Gasteiger partial charge in [-0.3, -0.25) is 20.4 Å². The molecule has 0 saturated carbocycles. The Morgan fingerprint density at radius 1 is 0.800 bits per heavy atom. The van der Waals surface area contributed by atoms with E-state index in [1.54, 1.807) is 36.4 Å². The van der Waals surface area contributed by atoms with E-state index in [0.717, 1.165) is 5.56 Å². The van der Waals surface area contributed by atoms with E-state index in [4.69, 9.17) is 32.7 Å². The summed E-state index contributed by atoms with van der Waals surface area (Å²) in [4.78, 5) is 24.4. The van der Waals surface area contributed by atoms with Crippen LogP contribution in [0.25, 0.3) is 0 Å². The monoisotopic (exact) mass is 444 g/mol. The Morgan fingerprint density at radius 2 is 1.53 bits per heavy atom. The highest BCUT2D eigenvalue weighted by Gasteiger charge is 2.14. The molecule has 2 amide bonds. The molecule has 3 aromatic rings. The van der Waals surface area contributed by atoms with Crippen molar-refractivity contribution in [3.8, 4) is 11.5 Å². The molecule has 0 atom stereocenters. The van der Waals surface area contributed by atoms with Crippen LogP contribution in [0.15, 0.2) is 72.8 Å². The summed E-state index contributed by atoms with van der Waals surface area (Å²) in [7, 11) is 0. The van der Waals surface area contributed by atoms with Gasteiger partial charge in [0.2, 0.25) is 0 Å². The Kier molecular flexibility index (Phi) is 7.54. The van der Waals surface area contributed by atoms with E-state index in [0.29, 0.717) is 23.1 Å². The van der Waals surface area contributed by atoms with Crippen molar-refractivity contribution in [3.05, 3.63) is 94.0 Å². The highest BCUT2D eigenvalue weighted by molar-refractivity contribution is 6.35. The van der Waals surface area contributed by atoms with E-state index >= 15 is 0 Å². The second kappa shape index (κ2) is 10.5. The molecular weight excluding hydrogens is 427 g/mol. The van der Waals surface area contributed by atoms with Crippen molar-refractivity contribution < 1.29 is 19.1 Å². The van der Waals surface area contributed by atoms with Gasteiger partial charge in [0.25, 0.3) is 11.8 Å². The fraction of sp³-hybridized carbons (Fsp3) is 0.0909. The molecule has 0 aliphatic carbocycles. The summed E-state index contributed by atoms with van der Waals surface area (Å²) in [6, 6.07) is 21.0. The molecule has 0 unspecified atom stereocenters. The highest BCUT2D eigenvalue weighted by atomic mass is 35.5. The summed E-state index contributed by atoms with van der Waals surface area (Å²) >= 11 is 11.8. The van der Waals surface area contributed by atoms with Crippen molar-refractivity contribution in [1.82, 2.24) is 10.9 Å². The summed E-state index contributed by atoms with van der Waals surface area (Å²) in [5, 5.41) is 0.737. The number of hydrogen-bond acceptors (Lipinski definition) is 4. The molecule has 6 nitrogen and oxygen atoms in total. The van der Waals surface area contributed by atoms with Crippen molar-refractivity contribution >= 4 is 35.0 Å². The summed E-state index contributed by atoms with van der Waals surface area (Å²) in [6.45, 7) is -0.0268. The number of para-hydroxylation sites is 1. The Morgan fingerprint density at radius 3 is 2.30 bits per heavy atom. The van der Waals surface area contributed by atoms with Crippen LogP contribution in [0.4, 0.5) is 0 Å². The minimum atomic E-state index is -0.558. The number of benzene rings is 3. The maximum absolute atomic E-state index is 12.5. The van der Waals surface area contributed by atoms with Crippen molar-refractivity contribution in [2.24, 2.45) is 0 Å². The zero-order valence-corrected chi connectivity index (χ0v) is 17.2. The SMILES string of the molecule is O=C(COc1ccc(Cl)cc1Cl)NNC(=O)c1ccccc1OCc1ccccc1. The summed E-state index contributed by atoms with van der Waals surface area (Å²) < 4.78 is 11.1. The maximum atomic E-state index is 12.5. The van der Waals surface area contributed by atoms with Gasteiger partial charge in [0, 0.05) is 5.02 Å². The summed E-state index contributed by atoms with van der Waals surface area (Å²) in [5.41, 5.74) is 5.90. The number of ether oxygens (including phenoxy) is 2. The van der Waals surface area contributed by atoms with Crippen LogP contribution in [-0.4, -0.2) is 18.4 Å². The van der Waals surface area contributed by atoms with Crippen LogP contribution in [-0.2, 0) is 11.4 Å². The predicted octanol–water partition coefficient (Wildman–Crippen LogP) is 4.41. The first-order chi connectivity index (χ1) is 14.5. The van der Waals surface area contributed by atoms with Crippen LogP contribution < -0.4 is 20.3 Å². The van der Waals surface area contributed by atoms with Crippen molar-refractivity contribution in [2.75, 3.05) is 6.61 Å². The average molecular weight is 445 g/mol. The molecule has 0 heterocycles. The average Bonchev–Trinajstić information content (AvgIpc) is 2.76. The molecule has 154 valence electrons. The lowest BCUT2D eigenvalue weighted by molar-refractivity contribution is -0.123. The van der Waals surface area contributed by atoms with Crippen LogP contribution in [0.1, 0.15) is 15.9 Å². The van der Waals surface area contributed by atoms with Crippen LogP contribution >= 0.6 is 23.2 Å². The molecule has 3 rings (SSSR count). The second-order valence-corrected chi connectivity index (χ2v) is 6.98. The topological polar surface area (TPSA) is 76.7 Å². The lowest BCUT2D eigenvalue weighted by Gasteiger charge is -2.13. The third-order valence-corrected chi connectivity index (χ3v) is 4.47. The van der Waals surface area contributed by atoms with Gasteiger partial charge in [-0.1, -0.05) is 65.7 Å². The summed E-state index contributed by atoms with van der Waals surface area (Å²) in [5.74, 6) is -0.368. The van der Waals surface area contributed by atoms with Gasteiger partial charge in [-0.2, -0.15) is 0 Å². The third-order valence-electron chi connectivity index (χ3n) is 3.94. The number of amides is 2. The zero-order valence-electron chi connectivity index (χ0n) is 15.7. The standard InChI is InChI=1S/C22H18Cl2N2O4/c23-16-10-11-20(18(24)12-16)30-14-21(27)25-26-22(28)17-8-4-5-9-19(17)29-13-15-6-2-1-3-7-15/h1-12H,13-14H2,(H,25,27)(H,26,28). The molecule has 0 aliphatic rings. The Labute approximate surface area is 183 Å². The lowest BCUT2D eigenvalue weighted by atomic mass is 10.2. The predicted molar refractivity (Wildman–Crippen MR) is 115 cm³/mol. The van der Waals surface area contributed by atoms with E-state index in [-0.39, 0.29) is 17.2 Å². The van der Waals surface area contributed by atoms with Crippen LogP contribution in [0.2, 0.25) is 10.0 Å². The Bertz CT molecular complexity index is 1030. The smallest absolute Gasteiger partial charge is 0.276 e. The number of rotatable bonds is 7. The van der Waals surface area contributed by atoms with Crippen LogP contribution in [0.5, 0.6) is 11.5 Å². The molecule has 0 aliphatic heterocycles. The van der Waals surface area contributed by atoms with Gasteiger partial charge in [-0.25, -0.2) is 0 Å². The number of carbonyl (C=O) groups is 2. The molecule has 0 spiro atoms. The number of hydrazine groups is 1. The van der Waals surface area contributed by atoms with Gasteiger partial charge < -0.3 is 9.47 Å². The van der Waals surface area contributed by atoms with Crippen molar-refractivity contribution in [1.29, 1.82) is 0 Å². The largest absolute Gasteiger partial charge is 0.488 e. The van der Waals surface area contributed by atoms with E-state index in [2.05, 4.69) is 10.9 Å². The summed E-state index contributed by atoms with van der Waals surface area (Å²) in [6.07, 6.45) is 0. The van der Waals surface area contributed by atoms with Crippen molar-refractivity contribution in [3.63, 3.8) is 0 Å². The maximum Gasteiger partial charge on any atom is 0.276 e. The fourth-order valence-electron chi connectivity index (χ4n) is 2.48. The number of halogens is 2. The van der Waals surface area contributed by atoms with Crippen molar-refractivity contribution in [2.45, 2.75) is 6.61 Å². The minimum Gasteiger partial charge on any atom is -0.488 e. The quantitative estimate of drug-likeness (QED) is 0.529. The van der Waals surface area contributed by atoms with Gasteiger partial charge in [0.05, 0.1) is 10.6 Å². The molecule has 3 aromatic carbocycles. The first-order valence-electron chi connectivity index (χ1n) is 8.95. The van der Waals surface area contributed by atoms with Gasteiger partial charge in [0.1, 0.15) is 18.1 Å². The third kappa shape index (κ3) is 6.14. The molecular formula is C22H18Cl2N2O4. The van der Waals surface area contributed by atoms with Crippen LogP contribution in [0, 0.1) is 0 Å². The molecule has 0 fully saturated rings. The molecule has 0 bridgehead atoms. The van der Waals surface area contributed by atoms with E-state index < -0.39 is 11.8 Å². The number of nitrogens with one attached hydrogen (secondary N) is 2. The van der Waals surface area contributed by atoms with Crippen LogP contribution in [0.3, 0.4) is 0 Å². The number of carbonyl (C=O) groups excluding carboxylic acids is 2. The molecule has 30 heavy (non-hydrogen) atoms. The molecule has 2 N–H and O–H groups in total. The molecule has 8 heteroatoms. The molecule has 0 aromatic heterocycles. The van der Waals surface area contributed by atoms with E-state index in [1.165, 1.54) is 6.07 Å². The lowest BCUT2D eigenvalue weighted by Crippen LogP contribution is -2.43. The normalized spacial score (nSPS) is 10.2. The second-order valence-electron chi connectivity index (χ2n) is 6.14. The zero-order chi connectivity index (χ0) is 21.3. The van der Waals surface area contributed by atoms with Gasteiger partial charge in [0.15, 0.2) is 6.61 Å². The minimum absolute atomic E-state index is 0.281. The highest BCUT2D eigenvalue weighted by Crippen LogP contribution is 2.27. The van der Waals surface area contributed by atoms with Gasteiger partial charge in [-0.15, -0.1) is 0 Å². The first-order valence-corrected chi connectivity index (χ1v) is 9.71. The molecule has 0 saturated heterocycles. The van der Waals surface area contributed by atoms with E-state index in [1.807, 2.05) is 30.3 Å².